The number of carbonyl (C=O) groups excluding carboxylic acids is 1. The molecule has 0 bridgehead atoms. The number of nitrogens with one attached hydrogen (secondary N) is 1. The zero-order chi connectivity index (χ0) is 25.4. The van der Waals surface area contributed by atoms with E-state index in [1.807, 2.05) is 77.7 Å². The van der Waals surface area contributed by atoms with Crippen molar-refractivity contribution in [3.05, 3.63) is 120 Å². The second-order valence-electron chi connectivity index (χ2n) is 8.96. The predicted molar refractivity (Wildman–Crippen MR) is 149 cm³/mol. The lowest BCUT2D eigenvalue weighted by Gasteiger charge is -2.27. The fourth-order valence-electron chi connectivity index (χ4n) is 5.09. The van der Waals surface area contributed by atoms with Gasteiger partial charge in [-0.3, -0.25) is 9.69 Å². The molecule has 0 saturated heterocycles. The van der Waals surface area contributed by atoms with E-state index in [2.05, 4.69) is 41.7 Å². The third-order valence-corrected chi connectivity index (χ3v) is 6.89. The average Bonchev–Trinajstić information content (AvgIpc) is 3.27. The van der Waals surface area contributed by atoms with Gasteiger partial charge in [0.1, 0.15) is 5.70 Å². The number of benzene rings is 5. The van der Waals surface area contributed by atoms with E-state index in [1.54, 1.807) is 14.2 Å². The molecule has 0 saturated carbocycles. The van der Waals surface area contributed by atoms with Crippen LogP contribution in [0.25, 0.3) is 21.5 Å². The molecule has 0 radical (unpaired) electrons. The van der Waals surface area contributed by atoms with Crippen LogP contribution in [0, 0.1) is 0 Å². The Balaban J connectivity index is 1.49. The lowest BCUT2D eigenvalue weighted by molar-refractivity contribution is -0.114. The molecule has 1 atom stereocenters. The summed E-state index contributed by atoms with van der Waals surface area (Å²) in [5.41, 5.74) is 3.20. The van der Waals surface area contributed by atoms with E-state index in [9.17, 15) is 4.79 Å². The van der Waals surface area contributed by atoms with Gasteiger partial charge >= 0.3 is 0 Å². The van der Waals surface area contributed by atoms with Crippen LogP contribution in [0.15, 0.2) is 115 Å². The van der Waals surface area contributed by atoms with Crippen LogP contribution in [-0.4, -0.2) is 20.1 Å². The van der Waals surface area contributed by atoms with Crippen molar-refractivity contribution >= 4 is 38.8 Å². The molecule has 6 rings (SSSR count). The summed E-state index contributed by atoms with van der Waals surface area (Å²) in [5.74, 6) is 1.17. The van der Waals surface area contributed by atoms with Crippen LogP contribution in [0.2, 0.25) is 0 Å². The van der Waals surface area contributed by atoms with Crippen LogP contribution < -0.4 is 19.7 Å². The van der Waals surface area contributed by atoms with Crippen LogP contribution in [-0.2, 0) is 4.79 Å². The summed E-state index contributed by atoms with van der Waals surface area (Å²) in [7, 11) is 3.23. The van der Waals surface area contributed by atoms with Gasteiger partial charge in [0.25, 0.3) is 5.91 Å². The summed E-state index contributed by atoms with van der Waals surface area (Å²) < 4.78 is 11.0. The number of nitrogens with zero attached hydrogens (tertiary/aromatic N) is 1. The molecule has 5 heteroatoms. The van der Waals surface area contributed by atoms with E-state index in [4.69, 9.17) is 9.47 Å². The minimum atomic E-state index is -0.337. The number of ether oxygens (including phenoxy) is 2. The zero-order valence-electron chi connectivity index (χ0n) is 20.6. The molecule has 1 amide bonds. The molecule has 37 heavy (non-hydrogen) atoms. The summed E-state index contributed by atoms with van der Waals surface area (Å²) in [5, 5.41) is 7.71. The Morgan fingerprint density at radius 2 is 1.35 bits per heavy atom. The van der Waals surface area contributed by atoms with Gasteiger partial charge in [-0.25, -0.2) is 0 Å². The van der Waals surface area contributed by atoms with Crippen LogP contribution in [0.4, 0.5) is 11.4 Å². The molecule has 0 spiro atoms. The Morgan fingerprint density at radius 3 is 2.11 bits per heavy atom. The highest BCUT2D eigenvalue weighted by atomic mass is 16.5. The number of amides is 1. The molecular formula is C32H26N2O3. The van der Waals surface area contributed by atoms with Crippen molar-refractivity contribution in [1.82, 2.24) is 0 Å². The first kappa shape index (κ1) is 22.7. The van der Waals surface area contributed by atoms with Gasteiger partial charge < -0.3 is 14.8 Å². The number of hydrogen-bond donors (Lipinski definition) is 1. The van der Waals surface area contributed by atoms with E-state index in [0.29, 0.717) is 17.2 Å². The molecule has 1 N–H and O–H groups in total. The van der Waals surface area contributed by atoms with Gasteiger partial charge in [0, 0.05) is 16.5 Å². The first-order valence-corrected chi connectivity index (χ1v) is 12.2. The monoisotopic (exact) mass is 486 g/mol. The molecule has 5 aromatic rings. The van der Waals surface area contributed by atoms with Gasteiger partial charge in [-0.15, -0.1) is 0 Å². The number of hydrogen-bond acceptors (Lipinski definition) is 4. The topological polar surface area (TPSA) is 50.8 Å². The fourth-order valence-corrected chi connectivity index (χ4v) is 5.09. The van der Waals surface area contributed by atoms with Crippen molar-refractivity contribution in [2.75, 3.05) is 24.4 Å². The van der Waals surface area contributed by atoms with Gasteiger partial charge in [-0.05, 0) is 46.7 Å². The number of fused-ring (bicyclic) bond motifs is 2. The molecule has 1 aliphatic heterocycles. The second-order valence-corrected chi connectivity index (χ2v) is 8.96. The number of carbonyl (C=O) groups is 1. The average molecular weight is 487 g/mol. The first-order valence-electron chi connectivity index (χ1n) is 12.2. The molecule has 0 aromatic heterocycles. The second kappa shape index (κ2) is 9.36. The molecule has 1 heterocycles. The normalized spacial score (nSPS) is 15.2. The van der Waals surface area contributed by atoms with Crippen LogP contribution in [0.1, 0.15) is 11.6 Å². The van der Waals surface area contributed by atoms with Crippen molar-refractivity contribution in [3.8, 4) is 11.5 Å². The molecular weight excluding hydrogens is 460 g/mol. The van der Waals surface area contributed by atoms with Gasteiger partial charge in [-0.1, -0.05) is 78.9 Å². The largest absolute Gasteiger partial charge is 0.493 e. The molecule has 0 fully saturated rings. The quantitative estimate of drug-likeness (QED) is 0.278. The predicted octanol–water partition coefficient (Wildman–Crippen LogP) is 7.09. The molecule has 182 valence electrons. The van der Waals surface area contributed by atoms with E-state index in [-0.39, 0.29) is 11.9 Å². The van der Waals surface area contributed by atoms with Crippen LogP contribution in [0.5, 0.6) is 11.5 Å². The van der Waals surface area contributed by atoms with Crippen LogP contribution >= 0.6 is 0 Å². The van der Waals surface area contributed by atoms with Gasteiger partial charge in [0.2, 0.25) is 0 Å². The SMILES string of the molecule is COc1ccc([C@@H]2C=C(Nc3cccc4ccccc34)C(=O)N2c2cccc3ccccc23)cc1OC. The summed E-state index contributed by atoms with van der Waals surface area (Å²) >= 11 is 0. The number of rotatable bonds is 6. The van der Waals surface area contributed by atoms with Crippen molar-refractivity contribution in [1.29, 1.82) is 0 Å². The third-order valence-electron chi connectivity index (χ3n) is 6.89. The lowest BCUT2D eigenvalue weighted by Crippen LogP contribution is -2.31. The smallest absolute Gasteiger partial charge is 0.275 e. The van der Waals surface area contributed by atoms with E-state index >= 15 is 0 Å². The molecule has 5 nitrogen and oxygen atoms in total. The van der Waals surface area contributed by atoms with Crippen molar-refractivity contribution in [2.24, 2.45) is 0 Å². The highest BCUT2D eigenvalue weighted by molar-refractivity contribution is 6.15. The highest BCUT2D eigenvalue weighted by Gasteiger charge is 2.36. The van der Waals surface area contributed by atoms with Crippen LogP contribution in [0.3, 0.4) is 0 Å². The minimum absolute atomic E-state index is 0.0935. The molecule has 5 aromatic carbocycles. The maximum atomic E-state index is 14.1. The third kappa shape index (κ3) is 3.95. The maximum Gasteiger partial charge on any atom is 0.275 e. The summed E-state index contributed by atoms with van der Waals surface area (Å²) in [6, 6.07) is 33.9. The first-order chi connectivity index (χ1) is 18.2. The molecule has 0 unspecified atom stereocenters. The standard InChI is InChI=1S/C32H26N2O3/c1-36-30-18-17-23(19-31(30)37-2)29-20-27(33-26-15-7-11-21-9-3-5-13-24(21)26)32(35)34(29)28-16-8-12-22-10-4-6-14-25(22)28/h3-20,29,33H,1-2H3/t29-/m0/s1. The Bertz CT molecular complexity index is 1660. The maximum absolute atomic E-state index is 14.1. The Labute approximate surface area is 215 Å². The number of anilines is 2. The molecule has 0 aliphatic carbocycles. The van der Waals surface area contributed by atoms with Crippen molar-refractivity contribution < 1.29 is 14.3 Å². The number of methoxy groups -OCH3 is 2. The van der Waals surface area contributed by atoms with E-state index in [1.165, 1.54) is 0 Å². The minimum Gasteiger partial charge on any atom is -0.493 e. The Morgan fingerprint density at radius 1 is 0.703 bits per heavy atom. The Hall–Kier alpha value is -4.77. The summed E-state index contributed by atoms with van der Waals surface area (Å²) in [4.78, 5) is 15.9. The summed E-state index contributed by atoms with van der Waals surface area (Å²) in [6.45, 7) is 0. The lowest BCUT2D eigenvalue weighted by atomic mass is 10.0. The fraction of sp³-hybridized carbons (Fsp3) is 0.0938. The van der Waals surface area contributed by atoms with E-state index < -0.39 is 0 Å². The van der Waals surface area contributed by atoms with Crippen molar-refractivity contribution in [2.45, 2.75) is 6.04 Å². The van der Waals surface area contributed by atoms with Gasteiger partial charge in [-0.2, -0.15) is 0 Å². The van der Waals surface area contributed by atoms with Gasteiger partial charge in [0.15, 0.2) is 11.5 Å². The van der Waals surface area contributed by atoms with Crippen molar-refractivity contribution in [3.63, 3.8) is 0 Å². The van der Waals surface area contributed by atoms with Gasteiger partial charge in [0.05, 0.1) is 25.9 Å². The highest BCUT2D eigenvalue weighted by Crippen LogP contribution is 2.41. The summed E-state index contributed by atoms with van der Waals surface area (Å²) in [6.07, 6.45) is 1.99. The zero-order valence-corrected chi connectivity index (χ0v) is 20.6. The molecule has 1 aliphatic rings. The van der Waals surface area contributed by atoms with E-state index in [0.717, 1.165) is 38.5 Å². The Kier molecular flexibility index (Phi) is 5.73.